The molecule has 102 valence electrons. The second kappa shape index (κ2) is 5.35. The van der Waals surface area contributed by atoms with Crippen LogP contribution in [0.15, 0.2) is 18.2 Å². The summed E-state index contributed by atoms with van der Waals surface area (Å²) < 4.78 is 0. The van der Waals surface area contributed by atoms with Gasteiger partial charge in [-0.15, -0.1) is 0 Å². The molecule has 3 heteroatoms. The van der Waals surface area contributed by atoms with Crippen molar-refractivity contribution in [2.45, 2.75) is 20.3 Å². The van der Waals surface area contributed by atoms with Crippen molar-refractivity contribution in [3.8, 4) is 0 Å². The molecule has 19 heavy (non-hydrogen) atoms. The largest absolute Gasteiger partial charge is 0.358 e. The first kappa shape index (κ1) is 12.7. The van der Waals surface area contributed by atoms with Gasteiger partial charge in [-0.1, -0.05) is 11.6 Å². The minimum absolute atomic E-state index is 1.12. The molecular formula is C16H23N3. The van der Waals surface area contributed by atoms with Gasteiger partial charge in [-0.25, -0.2) is 0 Å². The van der Waals surface area contributed by atoms with E-state index in [9.17, 15) is 0 Å². The first-order valence-electron chi connectivity index (χ1n) is 7.25. The highest BCUT2D eigenvalue weighted by Gasteiger charge is 2.12. The summed E-state index contributed by atoms with van der Waals surface area (Å²) >= 11 is 0. The molecule has 2 N–H and O–H groups in total. The summed E-state index contributed by atoms with van der Waals surface area (Å²) in [5.41, 5.74) is 5.44. The van der Waals surface area contributed by atoms with Crippen LogP contribution in [0.3, 0.4) is 0 Å². The number of piperazine rings is 1. The zero-order valence-corrected chi connectivity index (χ0v) is 11.9. The number of hydrogen-bond acceptors (Lipinski definition) is 2. The van der Waals surface area contributed by atoms with Gasteiger partial charge >= 0.3 is 0 Å². The Hall–Kier alpha value is -1.32. The Bertz CT molecular complexity index is 565. The second-order valence-corrected chi connectivity index (χ2v) is 5.62. The molecule has 1 aliphatic heterocycles. The third-order valence-electron chi connectivity index (χ3n) is 4.20. The van der Waals surface area contributed by atoms with Crippen molar-refractivity contribution in [3.05, 3.63) is 35.0 Å². The van der Waals surface area contributed by atoms with E-state index in [0.717, 1.165) is 26.1 Å². The molecule has 3 rings (SSSR count). The number of rotatable bonds is 3. The molecule has 1 aromatic carbocycles. The quantitative estimate of drug-likeness (QED) is 0.883. The van der Waals surface area contributed by atoms with Crippen molar-refractivity contribution in [1.82, 2.24) is 15.2 Å². The molecule has 1 saturated heterocycles. The monoisotopic (exact) mass is 257 g/mol. The fourth-order valence-corrected chi connectivity index (χ4v) is 2.95. The van der Waals surface area contributed by atoms with Gasteiger partial charge in [0.05, 0.1) is 0 Å². The van der Waals surface area contributed by atoms with Crippen molar-refractivity contribution in [1.29, 1.82) is 0 Å². The van der Waals surface area contributed by atoms with E-state index in [2.05, 4.69) is 47.2 Å². The zero-order chi connectivity index (χ0) is 13.2. The molecule has 0 saturated carbocycles. The Morgan fingerprint density at radius 3 is 2.74 bits per heavy atom. The van der Waals surface area contributed by atoms with E-state index in [1.807, 2.05) is 0 Å². The van der Waals surface area contributed by atoms with Gasteiger partial charge in [0, 0.05) is 55.7 Å². The third kappa shape index (κ3) is 2.67. The van der Waals surface area contributed by atoms with E-state index in [1.165, 1.54) is 40.8 Å². The fraction of sp³-hybridized carbons (Fsp3) is 0.500. The first-order valence-corrected chi connectivity index (χ1v) is 7.25. The number of H-pyrrole nitrogens is 1. The molecule has 0 amide bonds. The van der Waals surface area contributed by atoms with Crippen LogP contribution in [0.5, 0.6) is 0 Å². The van der Waals surface area contributed by atoms with E-state index in [-0.39, 0.29) is 0 Å². The average Bonchev–Trinajstić information content (AvgIpc) is 2.74. The van der Waals surface area contributed by atoms with Crippen LogP contribution in [-0.2, 0) is 6.42 Å². The maximum Gasteiger partial charge on any atom is 0.0459 e. The van der Waals surface area contributed by atoms with Crippen LogP contribution in [-0.4, -0.2) is 42.6 Å². The molecule has 0 bridgehead atoms. The summed E-state index contributed by atoms with van der Waals surface area (Å²) in [5, 5.41) is 4.79. The summed E-state index contributed by atoms with van der Waals surface area (Å²) in [6, 6.07) is 6.67. The van der Waals surface area contributed by atoms with Crippen LogP contribution in [0.25, 0.3) is 10.9 Å². The Morgan fingerprint density at radius 2 is 1.95 bits per heavy atom. The zero-order valence-electron chi connectivity index (χ0n) is 11.9. The molecule has 0 atom stereocenters. The Morgan fingerprint density at radius 1 is 1.16 bits per heavy atom. The predicted molar refractivity (Wildman–Crippen MR) is 80.8 cm³/mol. The van der Waals surface area contributed by atoms with E-state index in [4.69, 9.17) is 0 Å². The number of aryl methyl sites for hydroxylation is 2. The fourth-order valence-electron chi connectivity index (χ4n) is 2.95. The lowest BCUT2D eigenvalue weighted by molar-refractivity contribution is 0.243. The number of benzene rings is 1. The summed E-state index contributed by atoms with van der Waals surface area (Å²) in [5.74, 6) is 0. The maximum absolute atomic E-state index is 3.59. The summed E-state index contributed by atoms with van der Waals surface area (Å²) in [6.45, 7) is 10.2. The lowest BCUT2D eigenvalue weighted by Gasteiger charge is -2.26. The molecule has 0 aliphatic carbocycles. The van der Waals surface area contributed by atoms with Crippen LogP contribution >= 0.6 is 0 Å². The Labute approximate surface area is 115 Å². The van der Waals surface area contributed by atoms with Crippen LogP contribution in [0.4, 0.5) is 0 Å². The summed E-state index contributed by atoms with van der Waals surface area (Å²) in [7, 11) is 0. The number of fused-ring (bicyclic) bond motifs is 1. The molecule has 1 fully saturated rings. The highest BCUT2D eigenvalue weighted by atomic mass is 15.2. The van der Waals surface area contributed by atoms with E-state index >= 15 is 0 Å². The van der Waals surface area contributed by atoms with Gasteiger partial charge in [0.2, 0.25) is 0 Å². The van der Waals surface area contributed by atoms with Gasteiger partial charge in [0.25, 0.3) is 0 Å². The van der Waals surface area contributed by atoms with Gasteiger partial charge in [0.15, 0.2) is 0 Å². The Kier molecular flexibility index (Phi) is 3.58. The molecule has 0 spiro atoms. The van der Waals surface area contributed by atoms with Gasteiger partial charge in [-0.05, 0) is 31.5 Å². The second-order valence-electron chi connectivity index (χ2n) is 5.62. The van der Waals surface area contributed by atoms with E-state index in [0.29, 0.717) is 0 Å². The van der Waals surface area contributed by atoms with Gasteiger partial charge in [0.1, 0.15) is 0 Å². The number of aromatic amines is 1. The van der Waals surface area contributed by atoms with Crippen LogP contribution in [0.2, 0.25) is 0 Å². The van der Waals surface area contributed by atoms with Crippen molar-refractivity contribution in [2.75, 3.05) is 32.7 Å². The van der Waals surface area contributed by atoms with Crippen molar-refractivity contribution >= 4 is 10.9 Å². The molecule has 2 heterocycles. The number of aromatic nitrogens is 1. The Balaban J connectivity index is 1.75. The molecule has 0 unspecified atom stereocenters. The number of nitrogens with one attached hydrogen (secondary N) is 2. The molecule has 1 aliphatic rings. The standard InChI is InChI=1S/C16H23N3/c1-12-3-4-16-14(11-12)13(2)15(18-16)5-8-19-9-6-17-7-10-19/h3-4,11,17-18H,5-10H2,1-2H3. The van der Waals surface area contributed by atoms with Crippen molar-refractivity contribution < 1.29 is 0 Å². The van der Waals surface area contributed by atoms with E-state index in [1.54, 1.807) is 0 Å². The minimum atomic E-state index is 1.12. The predicted octanol–water partition coefficient (Wildman–Crippen LogP) is 2.23. The van der Waals surface area contributed by atoms with Gasteiger partial charge in [-0.2, -0.15) is 0 Å². The third-order valence-corrected chi connectivity index (χ3v) is 4.20. The topological polar surface area (TPSA) is 31.1 Å². The van der Waals surface area contributed by atoms with Gasteiger partial charge in [-0.3, -0.25) is 0 Å². The number of hydrogen-bond donors (Lipinski definition) is 2. The lowest BCUT2D eigenvalue weighted by Crippen LogP contribution is -2.44. The highest BCUT2D eigenvalue weighted by Crippen LogP contribution is 2.23. The van der Waals surface area contributed by atoms with E-state index < -0.39 is 0 Å². The van der Waals surface area contributed by atoms with Crippen LogP contribution in [0.1, 0.15) is 16.8 Å². The lowest BCUT2D eigenvalue weighted by atomic mass is 10.1. The average molecular weight is 257 g/mol. The molecule has 3 nitrogen and oxygen atoms in total. The summed E-state index contributed by atoms with van der Waals surface area (Å²) in [4.78, 5) is 6.14. The van der Waals surface area contributed by atoms with Crippen molar-refractivity contribution in [2.24, 2.45) is 0 Å². The molecule has 1 aromatic heterocycles. The normalized spacial score (nSPS) is 17.2. The summed E-state index contributed by atoms with van der Waals surface area (Å²) in [6.07, 6.45) is 1.12. The number of nitrogens with zero attached hydrogens (tertiary/aromatic N) is 1. The smallest absolute Gasteiger partial charge is 0.0459 e. The first-order chi connectivity index (χ1) is 9.24. The van der Waals surface area contributed by atoms with Crippen LogP contribution in [0, 0.1) is 13.8 Å². The molecule has 0 radical (unpaired) electrons. The van der Waals surface area contributed by atoms with Gasteiger partial charge < -0.3 is 15.2 Å². The molecular weight excluding hydrogens is 234 g/mol. The highest BCUT2D eigenvalue weighted by molar-refractivity contribution is 5.85. The van der Waals surface area contributed by atoms with Crippen molar-refractivity contribution in [3.63, 3.8) is 0 Å². The van der Waals surface area contributed by atoms with Crippen LogP contribution < -0.4 is 5.32 Å². The molecule has 2 aromatic rings. The SMILES string of the molecule is Cc1ccc2[nH]c(CCN3CCNCC3)c(C)c2c1. The minimum Gasteiger partial charge on any atom is -0.358 e. The maximum atomic E-state index is 3.59.